The SMILES string of the molecule is Brc1cc[c]([Al]([c]2ccc(Br)cc2)[c]2ccc(Br)cc2)cc1.[Cl][Sb-]([Cl])([Cl])([Cl])([Cl])[Cl]. The summed E-state index contributed by atoms with van der Waals surface area (Å²) in [7, 11) is 25.0. The molecule has 0 aliphatic rings. The van der Waals surface area contributed by atoms with E-state index in [1.54, 1.807) is 0 Å². The van der Waals surface area contributed by atoms with Gasteiger partial charge in [-0.1, -0.05) is 97.5 Å². The minimum absolute atomic E-state index is 1.12. The summed E-state index contributed by atoms with van der Waals surface area (Å²) in [6.45, 7) is 0. The molecule has 0 saturated heterocycles. The van der Waals surface area contributed by atoms with Crippen molar-refractivity contribution in [3.63, 3.8) is 0 Å². The van der Waals surface area contributed by atoms with Gasteiger partial charge in [0, 0.05) is 13.4 Å². The van der Waals surface area contributed by atoms with Crippen molar-refractivity contribution in [2.24, 2.45) is 0 Å². The Kier molecular flexibility index (Phi) is 9.66. The van der Waals surface area contributed by atoms with Gasteiger partial charge in [-0.3, -0.25) is 0 Å². The molecule has 0 bridgehead atoms. The summed E-state index contributed by atoms with van der Waals surface area (Å²) in [5, 5.41) is 0. The van der Waals surface area contributed by atoms with E-state index < -0.39 is 23.3 Å². The van der Waals surface area contributed by atoms with Crippen LogP contribution in [-0.4, -0.2) is 23.3 Å². The van der Waals surface area contributed by atoms with Crippen molar-refractivity contribution in [1.82, 2.24) is 0 Å². The molecule has 0 atom stereocenters. The summed E-state index contributed by atoms with van der Waals surface area (Å²) < 4.78 is 7.63. The monoisotopic (exact) mass is 823 g/mol. The van der Waals surface area contributed by atoms with Gasteiger partial charge in [-0.2, -0.15) is 0 Å². The zero-order chi connectivity index (χ0) is 21.9. The topological polar surface area (TPSA) is 0 Å². The summed E-state index contributed by atoms with van der Waals surface area (Å²) >= 11 is 9.15. The van der Waals surface area contributed by atoms with Crippen LogP contribution in [0.25, 0.3) is 0 Å². The van der Waals surface area contributed by atoms with E-state index >= 15 is 0 Å². The van der Waals surface area contributed by atoms with Crippen LogP contribution >= 0.6 is 101 Å². The Morgan fingerprint density at radius 1 is 0.448 bits per heavy atom. The van der Waals surface area contributed by atoms with Gasteiger partial charge in [0.15, 0.2) is 0 Å². The van der Waals surface area contributed by atoms with Gasteiger partial charge in [-0.05, 0) is 36.4 Å². The van der Waals surface area contributed by atoms with E-state index in [0.717, 1.165) is 13.4 Å². The van der Waals surface area contributed by atoms with Gasteiger partial charge in [-0.15, -0.1) is 0 Å². The van der Waals surface area contributed by atoms with E-state index in [9.17, 15) is 0 Å². The van der Waals surface area contributed by atoms with E-state index in [1.165, 1.54) is 13.3 Å². The predicted octanol–water partition coefficient (Wildman–Crippen LogP) is 8.25. The molecule has 0 spiro atoms. The molecule has 3 aromatic carbocycles. The maximum atomic E-state index is 5.06. The molecular weight excluding hydrogens is 817 g/mol. The molecule has 0 saturated carbocycles. The second kappa shape index (κ2) is 10.2. The van der Waals surface area contributed by atoms with Crippen molar-refractivity contribution in [2.75, 3.05) is 0 Å². The number of hydrogen-bond donors (Lipinski definition) is 0. The average molecular weight is 829 g/mol. The number of benzene rings is 3. The predicted molar refractivity (Wildman–Crippen MR) is 148 cm³/mol. The van der Waals surface area contributed by atoms with Gasteiger partial charge in [0.2, 0.25) is 0 Å². The molecule has 156 valence electrons. The molecule has 3 rings (SSSR count). The van der Waals surface area contributed by atoms with Crippen LogP contribution in [-0.2, 0) is 0 Å². The molecule has 0 unspecified atom stereocenters. The normalized spacial score (nSPS) is 13.6. The molecule has 0 aliphatic carbocycles. The number of halogens is 9. The Morgan fingerprint density at radius 3 is 0.793 bits per heavy atom. The van der Waals surface area contributed by atoms with Crippen molar-refractivity contribution >= 4 is 137 Å². The Balaban J connectivity index is 0.000000370. The first-order valence-corrected chi connectivity index (χ1v) is 31.4. The molecular formula is C18H12AlBr3Cl6Sb-. The second-order valence-corrected chi connectivity index (χ2v) is 68.6. The quantitative estimate of drug-likeness (QED) is 0.234. The Hall–Kier alpha value is 2.19. The van der Waals surface area contributed by atoms with Crippen LogP contribution in [0.2, 0.25) is 0 Å². The van der Waals surface area contributed by atoms with Crippen LogP contribution in [0.3, 0.4) is 0 Å². The number of rotatable bonds is 3. The van der Waals surface area contributed by atoms with E-state index in [4.69, 9.17) is 53.0 Å². The first-order chi connectivity index (χ1) is 13.1. The van der Waals surface area contributed by atoms with E-state index in [1.807, 2.05) is 0 Å². The van der Waals surface area contributed by atoms with Crippen molar-refractivity contribution < 1.29 is 0 Å². The van der Waals surface area contributed by atoms with E-state index in [-0.39, 0.29) is 0 Å². The molecule has 0 radical (unpaired) electrons. The van der Waals surface area contributed by atoms with Gasteiger partial charge in [-0.25, -0.2) is 0 Å². The first kappa shape index (κ1) is 27.4. The molecule has 0 N–H and O–H groups in total. The molecule has 0 nitrogen and oxygen atoms in total. The van der Waals surface area contributed by atoms with Gasteiger partial charge >= 0.3 is 76.3 Å². The molecule has 0 amide bonds. The van der Waals surface area contributed by atoms with Gasteiger partial charge < -0.3 is 0 Å². The van der Waals surface area contributed by atoms with Crippen LogP contribution in [0.1, 0.15) is 0 Å². The third kappa shape index (κ3) is 12.3. The van der Waals surface area contributed by atoms with E-state index in [2.05, 4.69) is 121 Å². The zero-order valence-electron chi connectivity index (χ0n) is 14.4. The van der Waals surface area contributed by atoms with E-state index in [0.29, 0.717) is 0 Å². The molecule has 0 aromatic heterocycles. The van der Waals surface area contributed by atoms with Crippen molar-refractivity contribution in [2.45, 2.75) is 0 Å². The fraction of sp³-hybridized carbons (Fsp3) is 0. The fourth-order valence-corrected chi connectivity index (χ4v) is 6.22. The summed E-state index contributed by atoms with van der Waals surface area (Å²) in [5.74, 6) is 0. The molecule has 11 heteroatoms. The molecule has 3 aromatic rings. The van der Waals surface area contributed by atoms with Gasteiger partial charge in [0.1, 0.15) is 0 Å². The number of hydrogen-bond acceptors (Lipinski definition) is 0. The second-order valence-electron chi connectivity index (χ2n) is 6.05. The molecule has 29 heavy (non-hydrogen) atoms. The van der Waals surface area contributed by atoms with Crippen LogP contribution in [0, 0.1) is 0 Å². The third-order valence-electron chi connectivity index (χ3n) is 3.61. The standard InChI is InChI=1S/3C6H4Br.Al.6ClH.Sb/c3*7-6-4-2-1-3-5-6;;;;;;;;/h3*2-5H;;6*1H;/q;;;;;;;;;;+5/p-6. The Bertz CT molecular complexity index is 841. The molecule has 0 aliphatic heterocycles. The van der Waals surface area contributed by atoms with Crippen LogP contribution < -0.4 is 13.3 Å². The first-order valence-electron chi connectivity index (χ1n) is 7.91. The van der Waals surface area contributed by atoms with Crippen molar-refractivity contribution in [3.8, 4) is 0 Å². The zero-order valence-corrected chi connectivity index (χ0v) is 27.4. The average Bonchev–Trinajstić information content (AvgIpc) is 2.57. The fourth-order valence-electron chi connectivity index (χ4n) is 2.54. The summed E-state index contributed by atoms with van der Waals surface area (Å²) in [6, 6.07) is 26.2. The third-order valence-corrected chi connectivity index (χ3v) is 8.35. The van der Waals surface area contributed by atoms with Crippen LogP contribution in [0.4, 0.5) is 0 Å². The summed E-state index contributed by atoms with van der Waals surface area (Å²) in [5.41, 5.74) is 0. The Labute approximate surface area is 220 Å². The molecule has 0 fully saturated rings. The Morgan fingerprint density at radius 2 is 0.621 bits per heavy atom. The maximum absolute atomic E-state index is 5.42. The minimum atomic E-state index is -5.42. The molecule has 0 heterocycles. The van der Waals surface area contributed by atoms with Crippen molar-refractivity contribution in [1.29, 1.82) is 0 Å². The van der Waals surface area contributed by atoms with Crippen LogP contribution in [0.5, 0.6) is 0 Å². The summed E-state index contributed by atoms with van der Waals surface area (Å²) in [4.78, 5) is 0. The van der Waals surface area contributed by atoms with Crippen molar-refractivity contribution in [3.05, 3.63) is 86.2 Å². The summed E-state index contributed by atoms with van der Waals surface area (Å²) in [6.07, 6.45) is 0. The van der Waals surface area contributed by atoms with Gasteiger partial charge in [0.05, 0.1) is 0 Å². The van der Waals surface area contributed by atoms with Crippen LogP contribution in [0.15, 0.2) is 86.2 Å². The van der Waals surface area contributed by atoms with Gasteiger partial charge in [0.25, 0.3) is 0 Å².